The Morgan fingerprint density at radius 3 is 2.42 bits per heavy atom. The van der Waals surface area contributed by atoms with Crippen LogP contribution in [0.2, 0.25) is 5.02 Å². The maximum atomic E-state index is 13.3. The molecule has 1 aromatic heterocycles. The largest absolute Gasteiger partial charge is 0.497 e. The minimum Gasteiger partial charge on any atom is -0.497 e. The second kappa shape index (κ2) is 10.0. The maximum absolute atomic E-state index is 13.3. The van der Waals surface area contributed by atoms with Gasteiger partial charge >= 0.3 is 5.97 Å². The van der Waals surface area contributed by atoms with Crippen LogP contribution in [0.25, 0.3) is 11.3 Å². The van der Waals surface area contributed by atoms with Crippen LogP contribution in [0.1, 0.15) is 17.4 Å². The van der Waals surface area contributed by atoms with Crippen molar-refractivity contribution in [2.75, 3.05) is 32.7 Å². The molecule has 0 radical (unpaired) electrons. The molecule has 0 aliphatic carbocycles. The second-order valence-corrected chi connectivity index (χ2v) is 8.51. The van der Waals surface area contributed by atoms with E-state index in [-0.39, 0.29) is 45.2 Å². The van der Waals surface area contributed by atoms with Gasteiger partial charge in [-0.2, -0.15) is 0 Å². The number of aromatic nitrogens is 1. The number of hydrogen-bond acceptors (Lipinski definition) is 9. The Morgan fingerprint density at radius 2 is 1.79 bits per heavy atom. The number of rotatable bonds is 9. The predicted octanol–water partition coefficient (Wildman–Crippen LogP) is 4.00. The van der Waals surface area contributed by atoms with Crippen molar-refractivity contribution >= 4 is 33.3 Å². The average Bonchev–Trinajstić information content (AvgIpc) is 3.30. The molecule has 176 valence electrons. The number of nitrogens with one attached hydrogen (secondary N) is 1. The number of carbonyl (C=O) groups is 1. The lowest BCUT2D eigenvalue weighted by molar-refractivity contribution is 0.0514. The highest BCUT2D eigenvalue weighted by molar-refractivity contribution is 7.92. The zero-order valence-corrected chi connectivity index (χ0v) is 19.7. The van der Waals surface area contributed by atoms with Crippen molar-refractivity contribution in [3.05, 3.63) is 47.1 Å². The van der Waals surface area contributed by atoms with Crippen LogP contribution >= 0.6 is 11.6 Å². The number of sulfonamides is 1. The number of halogens is 1. The van der Waals surface area contributed by atoms with Crippen molar-refractivity contribution < 1.29 is 36.7 Å². The zero-order chi connectivity index (χ0) is 24.2. The highest BCUT2D eigenvalue weighted by atomic mass is 35.5. The van der Waals surface area contributed by atoms with Crippen LogP contribution in [0.4, 0.5) is 5.69 Å². The Kier molecular flexibility index (Phi) is 7.34. The molecule has 0 fully saturated rings. The molecular weight excluding hydrogens is 476 g/mol. The first-order valence-electron chi connectivity index (χ1n) is 9.50. The van der Waals surface area contributed by atoms with Crippen molar-refractivity contribution in [2.24, 2.45) is 0 Å². The van der Waals surface area contributed by atoms with Gasteiger partial charge in [-0.25, -0.2) is 13.2 Å². The summed E-state index contributed by atoms with van der Waals surface area (Å²) in [6, 6.07) is 8.62. The molecular formula is C21H21ClN2O8S. The second-order valence-electron chi connectivity index (χ2n) is 6.45. The first-order valence-corrected chi connectivity index (χ1v) is 11.4. The number of esters is 1. The Labute approximate surface area is 195 Å². The van der Waals surface area contributed by atoms with Gasteiger partial charge in [0.05, 0.1) is 33.0 Å². The van der Waals surface area contributed by atoms with Gasteiger partial charge in [0.15, 0.2) is 11.5 Å². The van der Waals surface area contributed by atoms with Crippen LogP contribution in [-0.4, -0.2) is 47.5 Å². The number of anilines is 1. The van der Waals surface area contributed by atoms with Crippen molar-refractivity contribution in [3.63, 3.8) is 0 Å². The predicted molar refractivity (Wildman–Crippen MR) is 120 cm³/mol. The molecule has 0 amide bonds. The third-order valence-electron chi connectivity index (χ3n) is 4.45. The number of carbonyl (C=O) groups excluding carboxylic acids is 1. The van der Waals surface area contributed by atoms with E-state index in [1.165, 1.54) is 51.7 Å². The lowest BCUT2D eigenvalue weighted by Crippen LogP contribution is -2.15. The Morgan fingerprint density at radius 1 is 1.06 bits per heavy atom. The molecule has 1 N–H and O–H groups in total. The summed E-state index contributed by atoms with van der Waals surface area (Å²) < 4.78 is 54.7. The van der Waals surface area contributed by atoms with E-state index in [2.05, 4.69) is 9.88 Å². The van der Waals surface area contributed by atoms with E-state index in [9.17, 15) is 13.2 Å². The Hall–Kier alpha value is -3.44. The first kappa shape index (κ1) is 24.2. The van der Waals surface area contributed by atoms with Gasteiger partial charge in [0.25, 0.3) is 10.0 Å². The molecule has 0 bridgehead atoms. The van der Waals surface area contributed by atoms with Gasteiger partial charge in [0.1, 0.15) is 27.8 Å². The normalized spacial score (nSPS) is 11.1. The molecule has 1 heterocycles. The van der Waals surface area contributed by atoms with Crippen LogP contribution in [-0.2, 0) is 14.8 Å². The maximum Gasteiger partial charge on any atom is 0.360 e. The third kappa shape index (κ3) is 5.15. The molecule has 0 unspecified atom stereocenters. The summed E-state index contributed by atoms with van der Waals surface area (Å²) in [5.74, 6) is 0.128. The minimum absolute atomic E-state index is 0.0247. The summed E-state index contributed by atoms with van der Waals surface area (Å²) >= 11 is 6.26. The highest BCUT2D eigenvalue weighted by Crippen LogP contribution is 2.39. The van der Waals surface area contributed by atoms with Crippen LogP contribution < -0.4 is 18.9 Å². The summed E-state index contributed by atoms with van der Waals surface area (Å²) in [4.78, 5) is 11.7. The molecule has 0 atom stereocenters. The van der Waals surface area contributed by atoms with Crippen molar-refractivity contribution in [3.8, 4) is 28.6 Å². The van der Waals surface area contributed by atoms with E-state index in [1.54, 1.807) is 13.0 Å². The van der Waals surface area contributed by atoms with Gasteiger partial charge in [-0.15, -0.1) is 0 Å². The fourth-order valence-electron chi connectivity index (χ4n) is 2.88. The lowest BCUT2D eigenvalue weighted by atomic mass is 10.1. The first-order chi connectivity index (χ1) is 15.7. The number of nitrogens with zero attached hydrogens (tertiary/aromatic N) is 1. The highest BCUT2D eigenvalue weighted by Gasteiger charge is 2.25. The molecule has 0 aliphatic rings. The Balaban J connectivity index is 2.03. The molecule has 3 aromatic rings. The smallest absolute Gasteiger partial charge is 0.360 e. The van der Waals surface area contributed by atoms with Crippen molar-refractivity contribution in [1.82, 2.24) is 5.16 Å². The number of ether oxygens (including phenoxy) is 4. The zero-order valence-electron chi connectivity index (χ0n) is 18.2. The molecule has 0 saturated heterocycles. The van der Waals surface area contributed by atoms with E-state index < -0.39 is 16.0 Å². The van der Waals surface area contributed by atoms with E-state index in [1.807, 2.05) is 0 Å². The summed E-state index contributed by atoms with van der Waals surface area (Å²) in [6.07, 6.45) is 0. The average molecular weight is 497 g/mol. The van der Waals surface area contributed by atoms with Crippen LogP contribution in [0.15, 0.2) is 45.8 Å². The van der Waals surface area contributed by atoms with E-state index in [0.29, 0.717) is 11.3 Å². The summed E-state index contributed by atoms with van der Waals surface area (Å²) in [6.45, 7) is 1.84. The quantitative estimate of drug-likeness (QED) is 0.437. The van der Waals surface area contributed by atoms with Gasteiger partial charge in [-0.3, -0.25) is 4.72 Å². The lowest BCUT2D eigenvalue weighted by Gasteiger charge is -2.16. The summed E-state index contributed by atoms with van der Waals surface area (Å²) in [5, 5.41) is 3.74. The van der Waals surface area contributed by atoms with Gasteiger partial charge < -0.3 is 23.5 Å². The van der Waals surface area contributed by atoms with E-state index in [4.69, 9.17) is 35.1 Å². The molecule has 3 rings (SSSR count). The van der Waals surface area contributed by atoms with E-state index in [0.717, 1.165) is 0 Å². The topological polar surface area (TPSA) is 126 Å². The fourth-order valence-corrected chi connectivity index (χ4v) is 4.47. The number of benzene rings is 2. The standard InChI is InChI=1S/C21H21ClN2O8S/c1-5-31-21(25)15-11-17(32-23-15)12-6-7-16(29-3)19(8-12)33(26,27)24-20-14(22)9-13(28-2)10-18(20)30-4/h6-11,24H,5H2,1-4H3. The molecule has 0 aliphatic heterocycles. The van der Waals surface area contributed by atoms with Crippen molar-refractivity contribution in [1.29, 1.82) is 0 Å². The fraction of sp³-hybridized carbons (Fsp3) is 0.238. The van der Waals surface area contributed by atoms with Gasteiger partial charge in [-0.1, -0.05) is 16.8 Å². The molecule has 33 heavy (non-hydrogen) atoms. The van der Waals surface area contributed by atoms with Crippen LogP contribution in [0.3, 0.4) is 0 Å². The van der Waals surface area contributed by atoms with Crippen molar-refractivity contribution in [2.45, 2.75) is 11.8 Å². The molecule has 0 saturated carbocycles. The van der Waals surface area contributed by atoms with Gasteiger partial charge in [0.2, 0.25) is 0 Å². The molecule has 2 aromatic carbocycles. The summed E-state index contributed by atoms with van der Waals surface area (Å²) in [7, 11) is -0.0610. The third-order valence-corrected chi connectivity index (χ3v) is 6.12. The molecule has 12 heteroatoms. The molecule has 0 spiro atoms. The minimum atomic E-state index is -4.21. The van der Waals surface area contributed by atoms with Crippen LogP contribution in [0, 0.1) is 0 Å². The number of methoxy groups -OCH3 is 3. The number of hydrogen-bond donors (Lipinski definition) is 1. The van der Waals surface area contributed by atoms with E-state index >= 15 is 0 Å². The Bertz CT molecular complexity index is 1270. The van der Waals surface area contributed by atoms with Gasteiger partial charge in [0, 0.05) is 23.8 Å². The molecule has 10 nitrogen and oxygen atoms in total. The monoisotopic (exact) mass is 496 g/mol. The SMILES string of the molecule is CCOC(=O)c1cc(-c2ccc(OC)c(S(=O)(=O)Nc3c(Cl)cc(OC)cc3OC)c2)on1. The summed E-state index contributed by atoms with van der Waals surface area (Å²) in [5.41, 5.74) is 0.323. The van der Waals surface area contributed by atoms with Crippen LogP contribution in [0.5, 0.6) is 17.2 Å². The van der Waals surface area contributed by atoms with Gasteiger partial charge in [-0.05, 0) is 25.1 Å².